The third-order valence-corrected chi connectivity index (χ3v) is 7.12. The lowest BCUT2D eigenvalue weighted by Crippen LogP contribution is -2.51. The predicted octanol–water partition coefficient (Wildman–Crippen LogP) is 2.47. The number of hydrogen-bond acceptors (Lipinski definition) is 5. The molecule has 3 rings (SSSR count). The monoisotopic (exact) mass is 486 g/mol. The first-order valence-corrected chi connectivity index (χ1v) is 11.2. The molecule has 1 fully saturated rings. The van der Waals surface area contributed by atoms with Gasteiger partial charge in [0.1, 0.15) is 5.82 Å². The summed E-state index contributed by atoms with van der Waals surface area (Å²) in [5, 5.41) is 0.576. The van der Waals surface area contributed by atoms with E-state index in [1.54, 1.807) is 29.3 Å². The summed E-state index contributed by atoms with van der Waals surface area (Å²) in [6.07, 6.45) is 1.59. The predicted molar refractivity (Wildman–Crippen MR) is 112 cm³/mol. The van der Waals surface area contributed by atoms with Gasteiger partial charge in [0.05, 0.1) is 16.5 Å². The molecule has 7 nitrogen and oxygen atoms in total. The molecule has 2 aromatic rings. The van der Waals surface area contributed by atoms with Gasteiger partial charge in [-0.15, -0.1) is 0 Å². The molecule has 0 N–H and O–H groups in total. The van der Waals surface area contributed by atoms with E-state index in [4.69, 9.17) is 11.6 Å². The van der Waals surface area contributed by atoms with Crippen LogP contribution in [0.2, 0.25) is 5.02 Å². The molecule has 0 unspecified atom stereocenters. The Morgan fingerprint density at radius 2 is 1.79 bits per heavy atom. The van der Waals surface area contributed by atoms with E-state index in [1.807, 2.05) is 6.07 Å². The Hall–Kier alpha value is -1.68. The average molecular weight is 488 g/mol. The van der Waals surface area contributed by atoms with Crippen molar-refractivity contribution in [3.8, 4) is 0 Å². The Balaban J connectivity index is 1.58. The van der Waals surface area contributed by atoms with Gasteiger partial charge < -0.3 is 9.80 Å². The number of rotatable bonds is 5. The number of amides is 1. The van der Waals surface area contributed by atoms with Crippen molar-refractivity contribution in [2.45, 2.75) is 4.90 Å². The maximum Gasteiger partial charge on any atom is 0.243 e. The summed E-state index contributed by atoms with van der Waals surface area (Å²) in [6.45, 7) is 2.08. The van der Waals surface area contributed by atoms with Crippen molar-refractivity contribution in [3.63, 3.8) is 0 Å². The minimum absolute atomic E-state index is 0.157. The van der Waals surface area contributed by atoms with Crippen LogP contribution in [0.1, 0.15) is 0 Å². The van der Waals surface area contributed by atoms with Gasteiger partial charge in [-0.1, -0.05) is 27.5 Å². The number of hydrogen-bond donors (Lipinski definition) is 0. The molecule has 10 heteroatoms. The number of halogens is 2. The third-order valence-electron chi connectivity index (χ3n) is 4.55. The van der Waals surface area contributed by atoms with Crippen LogP contribution in [0.25, 0.3) is 0 Å². The molecule has 0 spiro atoms. The summed E-state index contributed by atoms with van der Waals surface area (Å²) in [4.78, 5) is 20.8. The molecular weight excluding hydrogens is 468 g/mol. The normalized spacial score (nSPS) is 15.1. The SMILES string of the molecule is CN(CC(=O)N1CCN(c2ccc(Cl)cn2)CC1)S(=O)(=O)c1ccc(Br)cc1. The van der Waals surface area contributed by atoms with Crippen molar-refractivity contribution in [2.75, 3.05) is 44.7 Å². The molecule has 0 saturated carbocycles. The number of carbonyl (C=O) groups excluding carboxylic acids is 1. The number of benzene rings is 1. The van der Waals surface area contributed by atoms with Crippen LogP contribution in [-0.4, -0.2) is 68.3 Å². The number of piperazine rings is 1. The fourth-order valence-corrected chi connectivity index (χ4v) is 4.40. The van der Waals surface area contributed by atoms with Gasteiger partial charge in [-0.05, 0) is 36.4 Å². The van der Waals surface area contributed by atoms with Gasteiger partial charge in [0.2, 0.25) is 15.9 Å². The van der Waals surface area contributed by atoms with Crippen LogP contribution in [0.3, 0.4) is 0 Å². The molecule has 1 aliphatic heterocycles. The topological polar surface area (TPSA) is 73.8 Å². The fourth-order valence-electron chi connectivity index (χ4n) is 2.90. The maximum absolute atomic E-state index is 12.6. The first-order valence-electron chi connectivity index (χ1n) is 8.63. The van der Waals surface area contributed by atoms with Gasteiger partial charge in [-0.2, -0.15) is 4.31 Å². The standard InChI is InChI=1S/C18H20BrClN4O3S/c1-22(28(26,27)16-5-2-14(19)3-6-16)13-18(25)24-10-8-23(9-11-24)17-7-4-15(20)12-21-17/h2-7,12H,8-11,13H2,1H3. The highest BCUT2D eigenvalue weighted by Crippen LogP contribution is 2.19. The van der Waals surface area contributed by atoms with Crippen molar-refractivity contribution in [2.24, 2.45) is 0 Å². The number of aromatic nitrogens is 1. The van der Waals surface area contributed by atoms with Crippen molar-refractivity contribution in [1.82, 2.24) is 14.2 Å². The molecule has 1 aromatic carbocycles. The lowest BCUT2D eigenvalue weighted by Gasteiger charge is -2.36. The number of carbonyl (C=O) groups is 1. The quantitative estimate of drug-likeness (QED) is 0.648. The zero-order valence-corrected chi connectivity index (χ0v) is 18.4. The van der Waals surface area contributed by atoms with Crippen LogP contribution in [-0.2, 0) is 14.8 Å². The third kappa shape index (κ3) is 4.83. The first-order chi connectivity index (χ1) is 13.3. The van der Waals surface area contributed by atoms with E-state index in [-0.39, 0.29) is 17.3 Å². The average Bonchev–Trinajstić information content (AvgIpc) is 2.69. The Morgan fingerprint density at radius 3 is 2.36 bits per heavy atom. The number of likely N-dealkylation sites (N-methyl/N-ethyl adjacent to an activating group) is 1. The second-order valence-corrected chi connectivity index (χ2v) is 9.81. The number of pyridine rings is 1. The van der Waals surface area contributed by atoms with Gasteiger partial charge >= 0.3 is 0 Å². The summed E-state index contributed by atoms with van der Waals surface area (Å²) in [5.74, 6) is 0.596. The molecule has 28 heavy (non-hydrogen) atoms. The van der Waals surface area contributed by atoms with Crippen LogP contribution >= 0.6 is 27.5 Å². The van der Waals surface area contributed by atoms with E-state index in [0.29, 0.717) is 31.2 Å². The fraction of sp³-hybridized carbons (Fsp3) is 0.333. The highest BCUT2D eigenvalue weighted by Gasteiger charge is 2.27. The minimum atomic E-state index is -3.72. The van der Waals surface area contributed by atoms with Crippen LogP contribution in [0.4, 0.5) is 5.82 Å². The molecular formula is C18H20BrClN4O3S. The molecule has 150 valence electrons. The molecule has 0 radical (unpaired) electrons. The largest absolute Gasteiger partial charge is 0.353 e. The zero-order valence-electron chi connectivity index (χ0n) is 15.3. The highest BCUT2D eigenvalue weighted by atomic mass is 79.9. The van der Waals surface area contributed by atoms with E-state index < -0.39 is 10.0 Å². The van der Waals surface area contributed by atoms with Gasteiger partial charge in [0, 0.05) is 43.9 Å². The van der Waals surface area contributed by atoms with E-state index in [2.05, 4.69) is 25.8 Å². The molecule has 0 aliphatic carbocycles. The molecule has 0 bridgehead atoms. The zero-order chi connectivity index (χ0) is 20.3. The summed E-state index contributed by atoms with van der Waals surface area (Å²) >= 11 is 9.15. The summed E-state index contributed by atoms with van der Waals surface area (Å²) in [5.41, 5.74) is 0. The van der Waals surface area contributed by atoms with Gasteiger partial charge in [-0.3, -0.25) is 4.79 Å². The Labute approximate surface area is 178 Å². The molecule has 1 amide bonds. The van der Waals surface area contributed by atoms with Crippen molar-refractivity contribution < 1.29 is 13.2 Å². The summed E-state index contributed by atoms with van der Waals surface area (Å²) in [6, 6.07) is 9.97. The number of nitrogens with zero attached hydrogens (tertiary/aromatic N) is 4. The van der Waals surface area contributed by atoms with E-state index in [0.717, 1.165) is 14.6 Å². The Morgan fingerprint density at radius 1 is 1.14 bits per heavy atom. The molecule has 1 aliphatic rings. The summed E-state index contributed by atoms with van der Waals surface area (Å²) < 4.78 is 27.2. The van der Waals surface area contributed by atoms with Crippen LogP contribution in [0.5, 0.6) is 0 Å². The van der Waals surface area contributed by atoms with Gasteiger partial charge in [-0.25, -0.2) is 13.4 Å². The van der Waals surface area contributed by atoms with Crippen LogP contribution in [0, 0.1) is 0 Å². The molecule has 1 aromatic heterocycles. The van der Waals surface area contributed by atoms with E-state index >= 15 is 0 Å². The summed E-state index contributed by atoms with van der Waals surface area (Å²) in [7, 11) is -2.30. The minimum Gasteiger partial charge on any atom is -0.353 e. The first kappa shape index (κ1) is 21.0. The van der Waals surface area contributed by atoms with Crippen LogP contribution < -0.4 is 4.90 Å². The molecule has 0 atom stereocenters. The smallest absolute Gasteiger partial charge is 0.243 e. The van der Waals surface area contributed by atoms with Crippen LogP contribution in [0.15, 0.2) is 52.0 Å². The Kier molecular flexibility index (Phi) is 6.59. The van der Waals surface area contributed by atoms with Gasteiger partial charge in [0.25, 0.3) is 0 Å². The van der Waals surface area contributed by atoms with Crippen molar-refractivity contribution in [1.29, 1.82) is 0 Å². The molecule has 2 heterocycles. The number of anilines is 1. The second kappa shape index (κ2) is 8.77. The van der Waals surface area contributed by atoms with E-state index in [1.165, 1.54) is 19.2 Å². The second-order valence-electron chi connectivity index (χ2n) is 6.42. The Bertz CT molecular complexity index is 930. The molecule has 1 saturated heterocycles. The van der Waals surface area contributed by atoms with Crippen molar-refractivity contribution >= 4 is 49.3 Å². The lowest BCUT2D eigenvalue weighted by molar-refractivity contribution is -0.131. The maximum atomic E-state index is 12.6. The van der Waals surface area contributed by atoms with E-state index in [9.17, 15) is 13.2 Å². The lowest BCUT2D eigenvalue weighted by atomic mass is 10.3. The number of sulfonamides is 1. The van der Waals surface area contributed by atoms with Crippen molar-refractivity contribution in [3.05, 3.63) is 52.1 Å². The van der Waals surface area contributed by atoms with Gasteiger partial charge in [0.15, 0.2) is 0 Å². The highest BCUT2D eigenvalue weighted by molar-refractivity contribution is 9.10.